The highest BCUT2D eigenvalue weighted by molar-refractivity contribution is 4.64. The van der Waals surface area contributed by atoms with Gasteiger partial charge in [-0.15, -0.1) is 5.59 Å². The average molecular weight is 233 g/mol. The smallest absolute Gasteiger partial charge is 0.133 e. The van der Waals surface area contributed by atoms with Crippen molar-refractivity contribution in [1.82, 2.24) is 25.5 Å². The van der Waals surface area contributed by atoms with Gasteiger partial charge in [0.15, 0.2) is 0 Å². The Bertz CT molecular complexity index is 175. The van der Waals surface area contributed by atoms with Crippen LogP contribution >= 0.6 is 0 Å². The van der Waals surface area contributed by atoms with Gasteiger partial charge in [0.25, 0.3) is 0 Å². The molecule has 0 saturated carbocycles. The second-order valence-corrected chi connectivity index (χ2v) is 3.92. The summed E-state index contributed by atoms with van der Waals surface area (Å²) in [5.74, 6) is 0. The van der Waals surface area contributed by atoms with Gasteiger partial charge in [-0.3, -0.25) is 14.6 Å². The van der Waals surface area contributed by atoms with E-state index in [0.29, 0.717) is 0 Å². The summed E-state index contributed by atoms with van der Waals surface area (Å²) in [4.78, 5) is 9.42. The minimum atomic E-state index is 0.197. The lowest BCUT2D eigenvalue weighted by molar-refractivity contribution is -0.214. The molecule has 6 nitrogen and oxygen atoms in total. The predicted molar refractivity (Wildman–Crippen MR) is 66.1 cm³/mol. The Morgan fingerprint density at radius 3 is 1.88 bits per heavy atom. The van der Waals surface area contributed by atoms with Crippen molar-refractivity contribution >= 4 is 0 Å². The maximum absolute atomic E-state index is 4.90. The summed E-state index contributed by atoms with van der Waals surface area (Å²) in [6.45, 7) is 6.34. The third kappa shape index (κ3) is 4.32. The van der Waals surface area contributed by atoms with Gasteiger partial charge in [0.2, 0.25) is 0 Å². The molecule has 0 fully saturated rings. The lowest BCUT2D eigenvalue weighted by Crippen LogP contribution is -2.61. The molecule has 0 aliphatic heterocycles. The van der Waals surface area contributed by atoms with E-state index in [0.717, 1.165) is 13.1 Å². The molecule has 0 heterocycles. The zero-order chi connectivity index (χ0) is 12.7. The molecule has 0 radical (unpaired) electrons. The van der Waals surface area contributed by atoms with Gasteiger partial charge in [-0.1, -0.05) is 13.8 Å². The Morgan fingerprint density at radius 1 is 1.06 bits per heavy atom. The third-order valence-corrected chi connectivity index (χ3v) is 2.63. The van der Waals surface area contributed by atoms with E-state index in [9.17, 15) is 0 Å². The van der Waals surface area contributed by atoms with E-state index >= 15 is 0 Å². The minimum absolute atomic E-state index is 0.197. The molecular weight excluding hydrogens is 206 g/mol. The SMILES string of the molecule is CCN(CC)C(N(C)C)N(C)N(C)NOC. The summed E-state index contributed by atoms with van der Waals surface area (Å²) in [7, 11) is 9.69. The first-order valence-electron chi connectivity index (χ1n) is 5.65. The van der Waals surface area contributed by atoms with Gasteiger partial charge < -0.3 is 0 Å². The molecule has 6 heteroatoms. The summed E-state index contributed by atoms with van der Waals surface area (Å²) in [5, 5.41) is 3.90. The molecule has 0 amide bonds. The van der Waals surface area contributed by atoms with Gasteiger partial charge >= 0.3 is 0 Å². The van der Waals surface area contributed by atoms with Gasteiger partial charge in [-0.05, 0) is 27.2 Å². The van der Waals surface area contributed by atoms with Crippen LogP contribution in [0.2, 0.25) is 0 Å². The van der Waals surface area contributed by atoms with Crippen molar-refractivity contribution in [3.63, 3.8) is 0 Å². The van der Waals surface area contributed by atoms with Gasteiger partial charge in [-0.2, -0.15) is 10.1 Å². The molecule has 1 N–H and O–H groups in total. The van der Waals surface area contributed by atoms with Crippen molar-refractivity contribution in [3.8, 4) is 0 Å². The number of hydrogen-bond acceptors (Lipinski definition) is 6. The molecule has 1 atom stereocenters. The first-order valence-corrected chi connectivity index (χ1v) is 5.65. The summed E-state index contributed by atoms with van der Waals surface area (Å²) < 4.78 is 0. The molecule has 1 unspecified atom stereocenters. The third-order valence-electron chi connectivity index (χ3n) is 2.63. The monoisotopic (exact) mass is 233 g/mol. The minimum Gasteiger partial charge on any atom is -0.289 e. The van der Waals surface area contributed by atoms with Crippen molar-refractivity contribution in [2.24, 2.45) is 0 Å². The van der Waals surface area contributed by atoms with Crippen molar-refractivity contribution in [1.29, 1.82) is 0 Å². The maximum atomic E-state index is 4.90. The lowest BCUT2D eigenvalue weighted by atomic mass is 10.5. The van der Waals surface area contributed by atoms with Crippen molar-refractivity contribution in [2.75, 3.05) is 48.4 Å². The van der Waals surface area contributed by atoms with Crippen molar-refractivity contribution < 1.29 is 4.84 Å². The fourth-order valence-electron chi connectivity index (χ4n) is 1.80. The Labute approximate surface area is 99.6 Å². The van der Waals surface area contributed by atoms with Gasteiger partial charge in [0.1, 0.15) is 6.29 Å². The average Bonchev–Trinajstić information content (AvgIpc) is 2.24. The molecule has 0 bridgehead atoms. The van der Waals surface area contributed by atoms with Crippen LogP contribution in [0, 0.1) is 0 Å². The Hall–Kier alpha value is -0.240. The summed E-state index contributed by atoms with van der Waals surface area (Å²) in [6, 6.07) is 0. The summed E-state index contributed by atoms with van der Waals surface area (Å²) >= 11 is 0. The van der Waals surface area contributed by atoms with Crippen LogP contribution in [0.4, 0.5) is 0 Å². The number of hydrogen-bond donors (Lipinski definition) is 1. The van der Waals surface area contributed by atoms with E-state index in [4.69, 9.17) is 4.84 Å². The summed E-state index contributed by atoms with van der Waals surface area (Å²) in [5.41, 5.74) is 2.79. The zero-order valence-electron chi connectivity index (χ0n) is 11.7. The molecule has 0 rings (SSSR count). The molecule has 98 valence electrons. The highest BCUT2D eigenvalue weighted by Crippen LogP contribution is 2.07. The van der Waals surface area contributed by atoms with E-state index in [-0.39, 0.29) is 6.29 Å². The number of nitrogens with one attached hydrogen (secondary N) is 1. The Kier molecular flexibility index (Phi) is 7.82. The molecule has 0 aliphatic carbocycles. The first-order chi connectivity index (χ1) is 7.49. The van der Waals surface area contributed by atoms with Gasteiger partial charge in [-0.25, -0.2) is 0 Å². The number of nitrogens with zero attached hydrogens (tertiary/aromatic N) is 4. The van der Waals surface area contributed by atoms with Crippen LogP contribution < -0.4 is 5.59 Å². The Balaban J connectivity index is 4.62. The van der Waals surface area contributed by atoms with Gasteiger partial charge in [0.05, 0.1) is 7.11 Å². The number of rotatable bonds is 8. The van der Waals surface area contributed by atoms with E-state index < -0.39 is 0 Å². The molecule has 0 aliphatic rings. The molecule has 0 saturated heterocycles. The molecular formula is C10H27N5O. The fourth-order valence-corrected chi connectivity index (χ4v) is 1.80. The van der Waals surface area contributed by atoms with E-state index in [1.54, 1.807) is 7.11 Å². The highest BCUT2D eigenvalue weighted by atomic mass is 16.7. The van der Waals surface area contributed by atoms with Gasteiger partial charge in [0, 0.05) is 14.1 Å². The van der Waals surface area contributed by atoms with Crippen molar-refractivity contribution in [2.45, 2.75) is 20.1 Å². The van der Waals surface area contributed by atoms with Crippen LogP contribution in [0.15, 0.2) is 0 Å². The van der Waals surface area contributed by atoms with E-state index in [1.165, 1.54) is 0 Å². The molecule has 0 aromatic carbocycles. The largest absolute Gasteiger partial charge is 0.289 e. The second kappa shape index (κ2) is 7.94. The van der Waals surface area contributed by atoms with Crippen LogP contribution in [0.1, 0.15) is 13.8 Å². The van der Waals surface area contributed by atoms with Crippen LogP contribution in [-0.2, 0) is 4.84 Å². The van der Waals surface area contributed by atoms with Crippen LogP contribution in [0.25, 0.3) is 0 Å². The lowest BCUT2D eigenvalue weighted by Gasteiger charge is -2.43. The zero-order valence-corrected chi connectivity index (χ0v) is 11.7. The highest BCUT2D eigenvalue weighted by Gasteiger charge is 2.25. The quantitative estimate of drug-likeness (QED) is 0.470. The maximum Gasteiger partial charge on any atom is 0.133 e. The fraction of sp³-hybridized carbons (Fsp3) is 1.00. The molecule has 0 aromatic rings. The molecule has 0 aromatic heterocycles. The second-order valence-electron chi connectivity index (χ2n) is 3.92. The van der Waals surface area contributed by atoms with Crippen molar-refractivity contribution in [3.05, 3.63) is 0 Å². The summed E-state index contributed by atoms with van der Waals surface area (Å²) in [6.07, 6.45) is 0.197. The van der Waals surface area contributed by atoms with Crippen LogP contribution in [-0.4, -0.2) is 74.6 Å². The van der Waals surface area contributed by atoms with E-state index in [1.807, 2.05) is 19.2 Å². The van der Waals surface area contributed by atoms with Crippen LogP contribution in [0.5, 0.6) is 0 Å². The predicted octanol–water partition coefficient (Wildman–Crippen LogP) is 0.0180. The van der Waals surface area contributed by atoms with Crippen LogP contribution in [0.3, 0.4) is 0 Å². The molecule has 0 spiro atoms. The number of hydrazine groups is 2. The molecule has 16 heavy (non-hydrogen) atoms. The topological polar surface area (TPSA) is 34.2 Å². The Morgan fingerprint density at radius 2 is 1.56 bits per heavy atom. The first kappa shape index (κ1) is 15.8. The normalized spacial score (nSPS) is 14.4. The standard InChI is InChI=1S/C10H27N5O/c1-8-15(9-2)10(12(3)4)13(5)14(6)11-16-7/h10-11H,8-9H2,1-7H3. The van der Waals surface area contributed by atoms with E-state index in [2.05, 4.69) is 48.3 Å².